The number of carbonyl (C=O) groups excluding carboxylic acids is 4. The maximum Gasteiger partial charge on any atom is 0.389 e. The number of pyridine rings is 4. The van der Waals surface area contributed by atoms with Gasteiger partial charge in [-0.2, -0.15) is 26.3 Å². The van der Waals surface area contributed by atoms with Crippen molar-refractivity contribution in [2.45, 2.75) is 63.0 Å². The van der Waals surface area contributed by atoms with Crippen LogP contribution < -0.4 is 36.0 Å². The number of fused-ring (bicyclic) bond motifs is 8. The number of rotatable bonds is 9. The number of hydrogen-bond donors (Lipinski definition) is 3. The number of carbonyl (C=O) groups is 4. The molecule has 4 amide bonds. The molecule has 8 heterocycles. The summed E-state index contributed by atoms with van der Waals surface area (Å²) in [5.74, 6) is -0.870. The third-order valence-electron chi connectivity index (χ3n) is 10.4. The Morgan fingerprint density at radius 2 is 1.16 bits per heavy atom. The zero-order valence-corrected chi connectivity index (χ0v) is 32.3. The molecule has 326 valence electrons. The van der Waals surface area contributed by atoms with Crippen molar-refractivity contribution in [1.29, 1.82) is 0 Å². The number of hydrogen-bond acceptors (Lipinski definition) is 13. The van der Waals surface area contributed by atoms with E-state index >= 15 is 0 Å². The summed E-state index contributed by atoms with van der Waals surface area (Å²) in [7, 11) is 0. The van der Waals surface area contributed by atoms with Crippen molar-refractivity contribution in [2.24, 2.45) is 0 Å². The van der Waals surface area contributed by atoms with Crippen LogP contribution in [0.4, 0.5) is 82.0 Å². The molecule has 2 fully saturated rings. The first-order chi connectivity index (χ1) is 29.3. The maximum absolute atomic E-state index is 13.1. The number of nitrogen functional groups attached to an aromatic ring is 1. The second kappa shape index (κ2) is 17.1. The van der Waals surface area contributed by atoms with E-state index in [4.69, 9.17) is 5.73 Å². The van der Waals surface area contributed by atoms with E-state index in [1.807, 2.05) is 9.80 Å². The summed E-state index contributed by atoms with van der Waals surface area (Å²) in [6, 6.07) is 9.73. The van der Waals surface area contributed by atoms with Crippen LogP contribution in [0.2, 0.25) is 0 Å². The van der Waals surface area contributed by atoms with Crippen molar-refractivity contribution in [3.63, 3.8) is 0 Å². The molecule has 0 aromatic carbocycles. The highest BCUT2D eigenvalue weighted by atomic mass is 19.4. The van der Waals surface area contributed by atoms with E-state index in [2.05, 4.69) is 30.6 Å². The van der Waals surface area contributed by atoms with Crippen LogP contribution in [0.1, 0.15) is 59.5 Å². The predicted octanol–water partition coefficient (Wildman–Crippen LogP) is 6.76. The molecule has 24 heteroatoms. The lowest BCUT2D eigenvalue weighted by atomic mass is 10.1. The number of Topliss-reactive ketones (excluding diaryl/α,β-unsaturated/α-hetero) is 2. The molecule has 4 aromatic rings. The van der Waals surface area contributed by atoms with Gasteiger partial charge in [-0.1, -0.05) is 0 Å². The smallest absolute Gasteiger partial charge is 0.389 e. The number of nitrogens with one attached hydrogen (secondary N) is 2. The molecule has 0 radical (unpaired) electrons. The highest BCUT2D eigenvalue weighted by Gasteiger charge is 2.42. The first-order valence-electron chi connectivity index (χ1n) is 19.1. The summed E-state index contributed by atoms with van der Waals surface area (Å²) >= 11 is 0. The van der Waals surface area contributed by atoms with Gasteiger partial charge in [0.25, 0.3) is 5.69 Å². The Bertz CT molecular complexity index is 2420. The minimum absolute atomic E-state index is 0.0383. The van der Waals surface area contributed by atoms with Gasteiger partial charge in [-0.3, -0.25) is 40.1 Å². The SMILES string of the molecule is Nc1ccnc(NC(=O)N2c3nc(C(=O)CCC(F)(F)F)ccc3N3CC[C@H]2C3)c1.O=C(CCC(F)(F)F)c1ccc2c(n1)N(C(=O)Nc1cc([N+](=O)[O-])ccn1)[C@H]1CCN2C1. The van der Waals surface area contributed by atoms with E-state index in [1.54, 1.807) is 18.2 Å². The molecule has 4 N–H and O–H groups in total. The topological polar surface area (TPSA) is 226 Å². The van der Waals surface area contributed by atoms with Gasteiger partial charge in [-0.25, -0.2) is 29.5 Å². The minimum Gasteiger partial charge on any atom is -0.399 e. The molecule has 2 saturated heterocycles. The Kier molecular flexibility index (Phi) is 11.8. The van der Waals surface area contributed by atoms with Crippen molar-refractivity contribution in [3.8, 4) is 0 Å². The lowest BCUT2D eigenvalue weighted by Crippen LogP contribution is -2.48. The molecule has 4 aromatic heterocycles. The summed E-state index contributed by atoms with van der Waals surface area (Å²) in [5, 5.41) is 16.1. The number of anilines is 7. The maximum atomic E-state index is 13.1. The standard InChI is InChI=1S/C19H17F3N6O4.C19H19F3N6O2/c20-19(21,22)6-3-15(29)13-1-2-14-17(24-13)27(12-5-8-26(14)10-12)18(30)25-16-9-11(28(31)32)4-7-23-16;20-19(21,22)6-3-15(29)13-1-2-14-17(25-13)28(12-5-8-27(14)10-12)18(30)26-16-9-11(23)4-7-24-16/h1-2,4,7,9,12H,3,5-6,8,10H2,(H,23,25,30);1-2,4,7,9,12H,3,5-6,8,10H2,(H3,23,24,26,30)/t2*12-/m00/s1. The number of amides is 4. The third-order valence-corrected chi connectivity index (χ3v) is 10.4. The lowest BCUT2D eigenvalue weighted by molar-refractivity contribution is -0.384. The zero-order valence-electron chi connectivity index (χ0n) is 32.3. The molecule has 18 nitrogen and oxygen atoms in total. The molecular weight excluding hydrogens is 834 g/mol. The Morgan fingerprint density at radius 1 is 0.710 bits per heavy atom. The Hall–Kier alpha value is -7.14. The molecule has 4 aliphatic rings. The van der Waals surface area contributed by atoms with Crippen molar-refractivity contribution >= 4 is 69.6 Å². The number of ketones is 2. The zero-order chi connectivity index (χ0) is 44.5. The largest absolute Gasteiger partial charge is 0.399 e. The summed E-state index contributed by atoms with van der Waals surface area (Å²) in [6.07, 6.45) is -8.85. The van der Waals surface area contributed by atoms with Gasteiger partial charge >= 0.3 is 24.4 Å². The predicted molar refractivity (Wildman–Crippen MR) is 211 cm³/mol. The van der Waals surface area contributed by atoms with Gasteiger partial charge < -0.3 is 15.5 Å². The molecular formula is C38H36F6N12O6. The van der Waals surface area contributed by atoms with E-state index in [0.29, 0.717) is 56.1 Å². The second-order valence-corrected chi connectivity index (χ2v) is 14.7. The van der Waals surface area contributed by atoms with Gasteiger partial charge in [-0.15, -0.1) is 0 Å². The van der Waals surface area contributed by atoms with Crippen LogP contribution in [-0.2, 0) is 0 Å². The quantitative estimate of drug-likeness (QED) is 0.0685. The molecule has 0 spiro atoms. The highest BCUT2D eigenvalue weighted by molar-refractivity contribution is 6.06. The van der Waals surface area contributed by atoms with Crippen LogP contribution in [-0.4, -0.2) is 99.1 Å². The first-order valence-corrected chi connectivity index (χ1v) is 19.1. The van der Waals surface area contributed by atoms with Gasteiger partial charge in [0.1, 0.15) is 23.0 Å². The number of alkyl halides is 6. The number of nitrogens with two attached hydrogens (primary N) is 1. The summed E-state index contributed by atoms with van der Waals surface area (Å²) in [6.45, 7) is 2.47. The van der Waals surface area contributed by atoms with Gasteiger partial charge in [-0.05, 0) is 43.2 Å². The molecule has 62 heavy (non-hydrogen) atoms. The van der Waals surface area contributed by atoms with Crippen LogP contribution in [0, 0.1) is 10.1 Å². The van der Waals surface area contributed by atoms with Gasteiger partial charge in [0.05, 0.1) is 47.3 Å². The average molecular weight is 871 g/mol. The Morgan fingerprint density at radius 3 is 1.60 bits per heavy atom. The fourth-order valence-electron chi connectivity index (χ4n) is 7.48. The van der Waals surface area contributed by atoms with Crippen LogP contribution in [0.5, 0.6) is 0 Å². The molecule has 0 saturated carbocycles. The number of nitrogens with zero attached hydrogens (tertiary/aromatic N) is 9. The van der Waals surface area contributed by atoms with Gasteiger partial charge in [0.15, 0.2) is 23.2 Å². The normalized spacial score (nSPS) is 17.4. The number of halogens is 6. The van der Waals surface area contributed by atoms with Crippen LogP contribution in [0.3, 0.4) is 0 Å². The van der Waals surface area contributed by atoms with Gasteiger partial charge in [0, 0.05) is 69.2 Å². The Balaban J connectivity index is 0.000000187. The van der Waals surface area contributed by atoms with E-state index in [-0.39, 0.29) is 52.4 Å². The monoisotopic (exact) mass is 870 g/mol. The lowest BCUT2D eigenvalue weighted by Gasteiger charge is -2.35. The summed E-state index contributed by atoms with van der Waals surface area (Å²) in [5.41, 5.74) is 6.87. The van der Waals surface area contributed by atoms with Crippen LogP contribution >= 0.6 is 0 Å². The molecule has 8 rings (SSSR count). The van der Waals surface area contributed by atoms with Crippen LogP contribution in [0.15, 0.2) is 60.9 Å². The van der Waals surface area contributed by atoms with Crippen molar-refractivity contribution < 1.29 is 50.4 Å². The molecule has 4 aliphatic heterocycles. The van der Waals surface area contributed by atoms with E-state index in [0.717, 1.165) is 6.07 Å². The van der Waals surface area contributed by atoms with E-state index in [1.165, 1.54) is 46.5 Å². The fourth-order valence-corrected chi connectivity index (χ4v) is 7.48. The number of nitro groups is 1. The summed E-state index contributed by atoms with van der Waals surface area (Å²) < 4.78 is 74.8. The van der Waals surface area contributed by atoms with E-state index < -0.39 is 66.6 Å². The number of urea groups is 2. The van der Waals surface area contributed by atoms with Gasteiger partial charge in [0.2, 0.25) is 0 Å². The molecule has 0 aliphatic carbocycles. The minimum atomic E-state index is -4.47. The molecule has 4 bridgehead atoms. The molecule has 2 atom stereocenters. The number of aromatic nitrogens is 4. The average Bonchev–Trinajstić information content (AvgIpc) is 3.84. The second-order valence-electron chi connectivity index (χ2n) is 14.7. The molecule has 0 unspecified atom stereocenters. The van der Waals surface area contributed by atoms with Crippen molar-refractivity contribution in [1.82, 2.24) is 19.9 Å². The van der Waals surface area contributed by atoms with Crippen molar-refractivity contribution in [2.75, 3.05) is 62.1 Å². The first kappa shape index (κ1) is 43.0. The van der Waals surface area contributed by atoms with Crippen molar-refractivity contribution in [3.05, 3.63) is 82.4 Å². The summed E-state index contributed by atoms with van der Waals surface area (Å²) in [4.78, 5) is 84.2. The third kappa shape index (κ3) is 9.73. The van der Waals surface area contributed by atoms with Crippen LogP contribution in [0.25, 0.3) is 0 Å². The highest BCUT2D eigenvalue weighted by Crippen LogP contribution is 2.41. The fraction of sp³-hybridized carbons (Fsp3) is 0.368. The Labute approximate surface area is 347 Å². The van der Waals surface area contributed by atoms with E-state index in [9.17, 15) is 55.6 Å².